The Morgan fingerprint density at radius 3 is 2.87 bits per heavy atom. The van der Waals surface area contributed by atoms with Gasteiger partial charge in [-0.2, -0.15) is 13.2 Å². The van der Waals surface area contributed by atoms with Gasteiger partial charge in [0.05, 0.1) is 6.61 Å². The molecule has 0 radical (unpaired) electrons. The Morgan fingerprint density at radius 2 is 2.13 bits per heavy atom. The number of nitrogens with zero attached hydrogens (tertiary/aromatic N) is 1. The number of nitrogens with one attached hydrogen (secondary N) is 1. The summed E-state index contributed by atoms with van der Waals surface area (Å²) in [5.41, 5.74) is 1.29. The summed E-state index contributed by atoms with van der Waals surface area (Å²) >= 11 is 0. The molecule has 1 aliphatic heterocycles. The lowest BCUT2D eigenvalue weighted by Crippen LogP contribution is -2.23. The molecule has 3 nitrogen and oxygen atoms in total. The fraction of sp³-hybridized carbons (Fsp3) is 0.353. The maximum absolute atomic E-state index is 12.9. The Labute approximate surface area is 132 Å². The molecule has 122 valence electrons. The molecule has 0 bridgehead atoms. The number of likely N-dealkylation sites (N-methyl/N-ethyl adjacent to an activating group) is 1. The van der Waals surface area contributed by atoms with Crippen LogP contribution in [0.15, 0.2) is 36.5 Å². The molecule has 0 saturated carbocycles. The van der Waals surface area contributed by atoms with Crippen molar-refractivity contribution in [1.29, 1.82) is 0 Å². The molecule has 0 unspecified atom stereocenters. The molecule has 1 atom stereocenters. The summed E-state index contributed by atoms with van der Waals surface area (Å²) < 4.78 is 44.4. The van der Waals surface area contributed by atoms with Crippen LogP contribution in [0.2, 0.25) is 0 Å². The van der Waals surface area contributed by atoms with Gasteiger partial charge in [0.15, 0.2) is 0 Å². The van der Waals surface area contributed by atoms with E-state index in [1.165, 1.54) is 6.20 Å². The lowest BCUT2D eigenvalue weighted by molar-refractivity contribution is -0.141. The number of hydrogen-bond donors (Lipinski definition) is 1. The summed E-state index contributed by atoms with van der Waals surface area (Å²) in [5, 5.41) is 3.15. The molecule has 1 aromatic heterocycles. The number of pyridine rings is 1. The van der Waals surface area contributed by atoms with E-state index >= 15 is 0 Å². The fourth-order valence-corrected chi connectivity index (χ4v) is 2.94. The van der Waals surface area contributed by atoms with Gasteiger partial charge in [-0.1, -0.05) is 18.2 Å². The van der Waals surface area contributed by atoms with Crippen molar-refractivity contribution in [2.24, 2.45) is 0 Å². The van der Waals surface area contributed by atoms with Crippen LogP contribution in [0.5, 0.6) is 5.75 Å². The van der Waals surface area contributed by atoms with E-state index in [9.17, 15) is 13.2 Å². The van der Waals surface area contributed by atoms with Crippen LogP contribution < -0.4 is 10.1 Å². The van der Waals surface area contributed by atoms with E-state index in [1.807, 2.05) is 19.2 Å². The van der Waals surface area contributed by atoms with Gasteiger partial charge in [0, 0.05) is 24.2 Å². The Hall–Kier alpha value is -2.08. The van der Waals surface area contributed by atoms with Crippen LogP contribution in [-0.4, -0.2) is 25.2 Å². The molecule has 0 spiro atoms. The topological polar surface area (TPSA) is 34.1 Å². The highest BCUT2D eigenvalue weighted by Gasteiger charge is 2.33. The van der Waals surface area contributed by atoms with Gasteiger partial charge in [-0.25, -0.2) is 0 Å². The Bertz CT molecular complexity index is 700. The summed E-state index contributed by atoms with van der Waals surface area (Å²) in [4.78, 5) is 3.42. The summed E-state index contributed by atoms with van der Waals surface area (Å²) in [6.07, 6.45) is -2.38. The minimum atomic E-state index is -4.46. The maximum atomic E-state index is 12.9. The Morgan fingerprint density at radius 1 is 1.30 bits per heavy atom. The van der Waals surface area contributed by atoms with Crippen molar-refractivity contribution in [2.75, 3.05) is 20.2 Å². The fourth-order valence-electron chi connectivity index (χ4n) is 2.94. The van der Waals surface area contributed by atoms with Crippen molar-refractivity contribution < 1.29 is 17.9 Å². The van der Waals surface area contributed by atoms with Gasteiger partial charge in [0.2, 0.25) is 0 Å². The monoisotopic (exact) mass is 322 g/mol. The van der Waals surface area contributed by atoms with Gasteiger partial charge < -0.3 is 10.1 Å². The third kappa shape index (κ3) is 3.17. The minimum absolute atomic E-state index is 0.299. The largest absolute Gasteiger partial charge is 0.493 e. The van der Waals surface area contributed by atoms with Crippen LogP contribution in [0.3, 0.4) is 0 Å². The van der Waals surface area contributed by atoms with Crippen molar-refractivity contribution in [3.63, 3.8) is 0 Å². The highest BCUT2D eigenvalue weighted by atomic mass is 19.4. The zero-order valence-corrected chi connectivity index (χ0v) is 12.7. The number of aromatic nitrogens is 1. The Kier molecular flexibility index (Phi) is 4.26. The van der Waals surface area contributed by atoms with Gasteiger partial charge >= 0.3 is 6.18 Å². The van der Waals surface area contributed by atoms with Crippen molar-refractivity contribution in [3.05, 3.63) is 47.8 Å². The van der Waals surface area contributed by atoms with Crippen LogP contribution in [-0.2, 0) is 6.18 Å². The number of para-hydroxylation sites is 1. The summed E-state index contributed by atoms with van der Waals surface area (Å²) in [6, 6.07) is 8.28. The van der Waals surface area contributed by atoms with E-state index in [1.54, 1.807) is 12.1 Å². The first-order valence-electron chi connectivity index (χ1n) is 7.44. The molecule has 23 heavy (non-hydrogen) atoms. The molecule has 1 aliphatic rings. The van der Waals surface area contributed by atoms with Gasteiger partial charge in [-0.3, -0.25) is 4.98 Å². The van der Waals surface area contributed by atoms with E-state index in [4.69, 9.17) is 4.74 Å². The number of rotatable bonds is 3. The number of ether oxygens (including phenoxy) is 1. The van der Waals surface area contributed by atoms with Gasteiger partial charge in [0.25, 0.3) is 0 Å². The van der Waals surface area contributed by atoms with Crippen molar-refractivity contribution >= 4 is 0 Å². The molecule has 1 N–H and O–H groups in total. The standard InChI is InChI=1S/C17H17F3N2O/c1-21-10-12-6-8-23-16-13(3-2-4-14(12)16)11-5-7-22-15(9-11)17(18,19)20/h2-5,7,9,12,21H,6,8,10H2,1H3/t12-/m1/s1. The second kappa shape index (κ2) is 6.20. The second-order valence-corrected chi connectivity index (χ2v) is 5.54. The van der Waals surface area contributed by atoms with Crippen molar-refractivity contribution in [1.82, 2.24) is 10.3 Å². The number of halogens is 3. The molecule has 6 heteroatoms. The number of benzene rings is 1. The van der Waals surface area contributed by atoms with Crippen molar-refractivity contribution in [2.45, 2.75) is 18.5 Å². The highest BCUT2D eigenvalue weighted by Crippen LogP contribution is 2.41. The first-order chi connectivity index (χ1) is 11.0. The van der Waals surface area contributed by atoms with Crippen LogP contribution in [0.1, 0.15) is 23.6 Å². The van der Waals surface area contributed by atoms with Gasteiger partial charge in [-0.05, 0) is 36.7 Å². The average molecular weight is 322 g/mol. The van der Waals surface area contributed by atoms with E-state index in [0.717, 1.165) is 24.6 Å². The van der Waals surface area contributed by atoms with Crippen LogP contribution in [0.4, 0.5) is 13.2 Å². The second-order valence-electron chi connectivity index (χ2n) is 5.54. The SMILES string of the molecule is CNC[C@H]1CCOc2c(-c3ccnc(C(F)(F)F)c3)cccc21. The molecule has 1 aromatic carbocycles. The molecule has 0 aliphatic carbocycles. The predicted octanol–water partition coefficient (Wildman–Crippen LogP) is 3.85. The van der Waals surface area contributed by atoms with Crippen LogP contribution in [0.25, 0.3) is 11.1 Å². The summed E-state index contributed by atoms with van der Waals surface area (Å²) in [6.45, 7) is 1.37. The van der Waals surface area contributed by atoms with Gasteiger partial charge in [-0.15, -0.1) is 0 Å². The molecular formula is C17H17F3N2O. The lowest BCUT2D eigenvalue weighted by atomic mass is 9.89. The molecular weight excluding hydrogens is 305 g/mol. The normalized spacial score (nSPS) is 17.5. The average Bonchev–Trinajstić information content (AvgIpc) is 2.54. The van der Waals surface area contributed by atoms with Gasteiger partial charge in [0.1, 0.15) is 11.4 Å². The zero-order chi connectivity index (χ0) is 16.4. The zero-order valence-electron chi connectivity index (χ0n) is 12.7. The molecule has 0 amide bonds. The van der Waals surface area contributed by atoms with Crippen LogP contribution >= 0.6 is 0 Å². The maximum Gasteiger partial charge on any atom is 0.433 e. The predicted molar refractivity (Wildman–Crippen MR) is 81.5 cm³/mol. The highest BCUT2D eigenvalue weighted by molar-refractivity contribution is 5.73. The van der Waals surface area contributed by atoms with E-state index in [0.29, 0.717) is 29.4 Å². The number of fused-ring (bicyclic) bond motifs is 1. The molecule has 3 rings (SSSR count). The number of alkyl halides is 3. The minimum Gasteiger partial charge on any atom is -0.493 e. The molecule has 2 aromatic rings. The third-order valence-electron chi connectivity index (χ3n) is 4.01. The van der Waals surface area contributed by atoms with E-state index < -0.39 is 11.9 Å². The van der Waals surface area contributed by atoms with Crippen LogP contribution in [0, 0.1) is 0 Å². The first-order valence-corrected chi connectivity index (χ1v) is 7.44. The molecule has 0 saturated heterocycles. The molecule has 2 heterocycles. The summed E-state index contributed by atoms with van der Waals surface area (Å²) in [5.74, 6) is 0.978. The summed E-state index contributed by atoms with van der Waals surface area (Å²) in [7, 11) is 1.89. The van der Waals surface area contributed by atoms with E-state index in [-0.39, 0.29) is 0 Å². The quantitative estimate of drug-likeness (QED) is 0.932. The smallest absolute Gasteiger partial charge is 0.433 e. The molecule has 0 fully saturated rings. The van der Waals surface area contributed by atoms with Crippen molar-refractivity contribution in [3.8, 4) is 16.9 Å². The first kappa shape index (κ1) is 15.8. The Balaban J connectivity index is 2.06. The number of hydrogen-bond acceptors (Lipinski definition) is 3. The van der Waals surface area contributed by atoms with E-state index in [2.05, 4.69) is 10.3 Å². The third-order valence-corrected chi connectivity index (χ3v) is 4.01. The lowest BCUT2D eigenvalue weighted by Gasteiger charge is -2.27.